The summed E-state index contributed by atoms with van der Waals surface area (Å²) in [5.41, 5.74) is 2.21. The highest BCUT2D eigenvalue weighted by Crippen LogP contribution is 2.28. The Hall–Kier alpha value is -0.810. The molecule has 2 rings (SSSR count). The first kappa shape index (κ1) is 14.6. The standard InChI is InChI=1S/C14H23N3OS/c1-3-4-5-6-10-19-14-13(15-18-16-14)12-8-7-9-17(2)11-12/h8H,3-7,9-11H2,1-2H3. The number of thioether (sulfide) groups is 1. The van der Waals surface area contributed by atoms with Crippen molar-refractivity contribution in [3.63, 3.8) is 0 Å². The molecule has 1 aromatic heterocycles. The minimum absolute atomic E-state index is 0.942. The van der Waals surface area contributed by atoms with Crippen LogP contribution >= 0.6 is 11.8 Å². The zero-order chi connectivity index (χ0) is 13.5. The predicted octanol–water partition coefficient (Wildman–Crippen LogP) is 3.46. The molecule has 0 aromatic carbocycles. The fourth-order valence-corrected chi connectivity index (χ4v) is 3.17. The molecule has 19 heavy (non-hydrogen) atoms. The molecule has 0 atom stereocenters. The lowest BCUT2D eigenvalue weighted by atomic mass is 10.1. The molecule has 1 aromatic rings. The van der Waals surface area contributed by atoms with Crippen LogP contribution in [0.3, 0.4) is 0 Å². The smallest absolute Gasteiger partial charge is 0.168 e. The zero-order valence-electron chi connectivity index (χ0n) is 11.9. The minimum atomic E-state index is 0.942. The lowest BCUT2D eigenvalue weighted by Gasteiger charge is -2.21. The minimum Gasteiger partial charge on any atom is -0.302 e. The van der Waals surface area contributed by atoms with Gasteiger partial charge in [0.2, 0.25) is 0 Å². The van der Waals surface area contributed by atoms with Crippen LogP contribution in [0.25, 0.3) is 5.57 Å². The molecular weight excluding hydrogens is 258 g/mol. The van der Waals surface area contributed by atoms with Gasteiger partial charge in [0.15, 0.2) is 5.03 Å². The van der Waals surface area contributed by atoms with E-state index in [4.69, 9.17) is 4.63 Å². The second-order valence-electron chi connectivity index (χ2n) is 5.08. The van der Waals surface area contributed by atoms with Gasteiger partial charge in [-0.1, -0.05) is 32.3 Å². The van der Waals surface area contributed by atoms with E-state index in [1.807, 2.05) is 0 Å². The van der Waals surface area contributed by atoms with Crippen molar-refractivity contribution in [1.82, 2.24) is 15.2 Å². The summed E-state index contributed by atoms with van der Waals surface area (Å²) in [6.45, 7) is 4.30. The molecule has 0 aliphatic carbocycles. The third-order valence-corrected chi connectivity index (χ3v) is 4.38. The number of likely N-dealkylation sites (N-methyl/N-ethyl adjacent to an activating group) is 1. The summed E-state index contributed by atoms with van der Waals surface area (Å²) in [6, 6.07) is 0. The number of hydrogen-bond donors (Lipinski definition) is 0. The third kappa shape index (κ3) is 4.35. The highest BCUT2D eigenvalue weighted by atomic mass is 32.2. The van der Waals surface area contributed by atoms with E-state index in [9.17, 15) is 0 Å². The quantitative estimate of drug-likeness (QED) is 0.565. The Bertz CT molecular complexity index is 417. The van der Waals surface area contributed by atoms with Gasteiger partial charge in [-0.05, 0) is 41.5 Å². The lowest BCUT2D eigenvalue weighted by molar-refractivity contribution is 0.297. The van der Waals surface area contributed by atoms with Gasteiger partial charge in [0, 0.05) is 13.1 Å². The van der Waals surface area contributed by atoms with Crippen molar-refractivity contribution in [2.24, 2.45) is 0 Å². The number of hydrogen-bond acceptors (Lipinski definition) is 5. The van der Waals surface area contributed by atoms with Crippen LogP contribution < -0.4 is 0 Å². The Morgan fingerprint density at radius 2 is 2.21 bits per heavy atom. The van der Waals surface area contributed by atoms with E-state index in [2.05, 4.69) is 35.3 Å². The predicted molar refractivity (Wildman–Crippen MR) is 79.3 cm³/mol. The van der Waals surface area contributed by atoms with Gasteiger partial charge in [-0.3, -0.25) is 0 Å². The van der Waals surface area contributed by atoms with Crippen molar-refractivity contribution in [1.29, 1.82) is 0 Å². The van der Waals surface area contributed by atoms with Gasteiger partial charge < -0.3 is 4.90 Å². The fraction of sp³-hybridized carbons (Fsp3) is 0.714. The maximum Gasteiger partial charge on any atom is 0.168 e. The van der Waals surface area contributed by atoms with E-state index < -0.39 is 0 Å². The average molecular weight is 281 g/mol. The molecule has 0 amide bonds. The summed E-state index contributed by atoms with van der Waals surface area (Å²) < 4.78 is 4.93. The monoisotopic (exact) mass is 281 g/mol. The Morgan fingerprint density at radius 1 is 1.32 bits per heavy atom. The third-order valence-electron chi connectivity index (χ3n) is 3.34. The lowest BCUT2D eigenvalue weighted by Crippen LogP contribution is -2.25. The SMILES string of the molecule is CCCCCCSc1nonc1C1=CCCN(C)C1. The topological polar surface area (TPSA) is 42.2 Å². The summed E-state index contributed by atoms with van der Waals surface area (Å²) in [4.78, 5) is 2.31. The number of aromatic nitrogens is 2. The summed E-state index contributed by atoms with van der Waals surface area (Å²) in [5.74, 6) is 1.10. The Labute approximate surface area is 119 Å². The van der Waals surface area contributed by atoms with Crippen LogP contribution in [0, 0.1) is 0 Å². The summed E-state index contributed by atoms with van der Waals surface area (Å²) in [6.07, 6.45) is 8.49. The first-order chi connectivity index (χ1) is 9.31. The molecule has 106 valence electrons. The van der Waals surface area contributed by atoms with Gasteiger partial charge >= 0.3 is 0 Å². The molecule has 0 saturated carbocycles. The summed E-state index contributed by atoms with van der Waals surface area (Å²) in [5, 5.41) is 9.10. The Morgan fingerprint density at radius 3 is 3.00 bits per heavy atom. The van der Waals surface area contributed by atoms with E-state index >= 15 is 0 Å². The largest absolute Gasteiger partial charge is 0.302 e. The van der Waals surface area contributed by atoms with Gasteiger partial charge in [0.05, 0.1) is 0 Å². The first-order valence-electron chi connectivity index (χ1n) is 7.14. The maximum atomic E-state index is 4.93. The highest BCUT2D eigenvalue weighted by Gasteiger charge is 2.18. The molecule has 1 aliphatic heterocycles. The molecule has 0 bridgehead atoms. The average Bonchev–Trinajstić information content (AvgIpc) is 2.87. The van der Waals surface area contributed by atoms with Crippen LogP contribution in [0.15, 0.2) is 15.7 Å². The number of nitrogens with zero attached hydrogens (tertiary/aromatic N) is 3. The summed E-state index contributed by atoms with van der Waals surface area (Å²) in [7, 11) is 2.14. The molecule has 2 heterocycles. The van der Waals surface area contributed by atoms with Crippen LogP contribution in [-0.4, -0.2) is 41.1 Å². The Kier molecular flexibility index (Phi) is 5.92. The molecule has 0 radical (unpaired) electrons. The van der Waals surface area contributed by atoms with E-state index in [0.717, 1.165) is 36.0 Å². The molecular formula is C14H23N3OS. The van der Waals surface area contributed by atoms with Crippen molar-refractivity contribution in [2.45, 2.75) is 44.1 Å². The Balaban J connectivity index is 1.88. The van der Waals surface area contributed by atoms with E-state index in [1.165, 1.54) is 31.3 Å². The van der Waals surface area contributed by atoms with Crippen molar-refractivity contribution >= 4 is 17.3 Å². The summed E-state index contributed by atoms with van der Waals surface area (Å²) >= 11 is 1.77. The van der Waals surface area contributed by atoms with Crippen LogP contribution in [-0.2, 0) is 0 Å². The molecule has 0 unspecified atom stereocenters. The maximum absolute atomic E-state index is 4.93. The second kappa shape index (κ2) is 7.70. The van der Waals surface area contributed by atoms with Crippen molar-refractivity contribution < 1.29 is 4.63 Å². The van der Waals surface area contributed by atoms with E-state index in [-0.39, 0.29) is 0 Å². The number of rotatable bonds is 7. The fourth-order valence-electron chi connectivity index (χ4n) is 2.23. The van der Waals surface area contributed by atoms with Crippen molar-refractivity contribution in [3.05, 3.63) is 11.8 Å². The van der Waals surface area contributed by atoms with Crippen LogP contribution in [0.4, 0.5) is 0 Å². The highest BCUT2D eigenvalue weighted by molar-refractivity contribution is 7.99. The van der Waals surface area contributed by atoms with Gasteiger partial charge in [-0.15, -0.1) is 11.8 Å². The van der Waals surface area contributed by atoms with Crippen molar-refractivity contribution in [3.8, 4) is 0 Å². The van der Waals surface area contributed by atoms with Gasteiger partial charge in [0.25, 0.3) is 0 Å². The second-order valence-corrected chi connectivity index (χ2v) is 6.17. The zero-order valence-corrected chi connectivity index (χ0v) is 12.7. The number of unbranched alkanes of at least 4 members (excludes halogenated alkanes) is 3. The molecule has 4 nitrogen and oxygen atoms in total. The van der Waals surface area contributed by atoms with E-state index in [1.54, 1.807) is 11.8 Å². The molecule has 0 spiro atoms. The van der Waals surface area contributed by atoms with E-state index in [0.29, 0.717) is 0 Å². The molecule has 0 N–H and O–H groups in total. The van der Waals surface area contributed by atoms with Gasteiger partial charge in [-0.2, -0.15) is 0 Å². The van der Waals surface area contributed by atoms with Crippen molar-refractivity contribution in [2.75, 3.05) is 25.9 Å². The van der Waals surface area contributed by atoms with Gasteiger partial charge in [-0.25, -0.2) is 4.63 Å². The normalized spacial score (nSPS) is 16.6. The molecule has 0 saturated heterocycles. The van der Waals surface area contributed by atoms with Crippen LogP contribution in [0.2, 0.25) is 0 Å². The first-order valence-corrected chi connectivity index (χ1v) is 8.13. The molecule has 5 heteroatoms. The molecule has 0 fully saturated rings. The van der Waals surface area contributed by atoms with Crippen LogP contribution in [0.1, 0.15) is 44.7 Å². The van der Waals surface area contributed by atoms with Gasteiger partial charge in [0.1, 0.15) is 5.69 Å². The van der Waals surface area contributed by atoms with Crippen LogP contribution in [0.5, 0.6) is 0 Å². The molecule has 1 aliphatic rings.